The van der Waals surface area contributed by atoms with Gasteiger partial charge in [0.2, 0.25) is 11.1 Å². The van der Waals surface area contributed by atoms with Gasteiger partial charge in [-0.2, -0.15) is 0 Å². The van der Waals surface area contributed by atoms with Crippen LogP contribution in [0.5, 0.6) is 0 Å². The predicted octanol–water partition coefficient (Wildman–Crippen LogP) is 2.30. The summed E-state index contributed by atoms with van der Waals surface area (Å²) in [5, 5.41) is 11.2. The number of aromatic nitrogens is 4. The van der Waals surface area contributed by atoms with E-state index in [0.29, 0.717) is 16.4 Å². The highest BCUT2D eigenvalue weighted by atomic mass is 32.2. The summed E-state index contributed by atoms with van der Waals surface area (Å²) in [4.78, 5) is 24.3. The van der Waals surface area contributed by atoms with Crippen molar-refractivity contribution in [1.82, 2.24) is 19.5 Å². The molecule has 0 aliphatic rings. The van der Waals surface area contributed by atoms with E-state index in [0.717, 1.165) is 0 Å². The molecule has 0 aliphatic heterocycles. The van der Waals surface area contributed by atoms with Crippen molar-refractivity contribution in [3.05, 3.63) is 60.7 Å². The topological polar surface area (TPSA) is 91.0 Å². The molecule has 0 fully saturated rings. The highest BCUT2D eigenvalue weighted by molar-refractivity contribution is 7.99. The fraction of sp³-hybridized carbons (Fsp3) is 0.176. The second-order valence-corrected chi connectivity index (χ2v) is 6.07. The van der Waals surface area contributed by atoms with Gasteiger partial charge < -0.3 is 10.1 Å². The minimum absolute atomic E-state index is 0.122. The van der Waals surface area contributed by atoms with Gasteiger partial charge in [-0.25, -0.2) is 9.47 Å². The molecule has 1 amide bonds. The van der Waals surface area contributed by atoms with E-state index in [-0.39, 0.29) is 18.3 Å². The number of ether oxygens (including phenoxy) is 1. The Kier molecular flexibility index (Phi) is 5.69. The molecule has 26 heavy (non-hydrogen) atoms. The van der Waals surface area contributed by atoms with Crippen molar-refractivity contribution in [2.75, 3.05) is 17.7 Å². The van der Waals surface area contributed by atoms with Crippen molar-refractivity contribution in [2.45, 2.75) is 12.1 Å². The minimum Gasteiger partial charge on any atom is -0.462 e. The molecule has 0 aliphatic carbocycles. The van der Waals surface area contributed by atoms with Crippen LogP contribution < -0.4 is 5.32 Å². The van der Waals surface area contributed by atoms with Crippen molar-refractivity contribution >= 4 is 29.3 Å². The molecule has 0 saturated carbocycles. The first-order valence-electron chi connectivity index (χ1n) is 7.91. The molecule has 2 heterocycles. The van der Waals surface area contributed by atoms with E-state index in [1.807, 2.05) is 24.5 Å². The van der Waals surface area contributed by atoms with Gasteiger partial charge in [-0.05, 0) is 31.2 Å². The van der Waals surface area contributed by atoms with Gasteiger partial charge in [-0.1, -0.05) is 23.9 Å². The van der Waals surface area contributed by atoms with Gasteiger partial charge in [0.15, 0.2) is 0 Å². The number of carbonyl (C=O) groups excluding carboxylic acids is 2. The summed E-state index contributed by atoms with van der Waals surface area (Å²) in [5.41, 5.74) is 0.742. The zero-order chi connectivity index (χ0) is 18.4. The number of thioether (sulfide) groups is 1. The quantitative estimate of drug-likeness (QED) is 0.506. The first kappa shape index (κ1) is 17.7. The smallest absolute Gasteiger partial charge is 0.340 e. The van der Waals surface area contributed by atoms with E-state index in [4.69, 9.17) is 4.74 Å². The van der Waals surface area contributed by atoms with Crippen molar-refractivity contribution in [3.63, 3.8) is 0 Å². The van der Waals surface area contributed by atoms with Gasteiger partial charge in [0.1, 0.15) is 6.33 Å². The van der Waals surface area contributed by atoms with E-state index in [1.165, 1.54) is 11.8 Å². The molecular weight excluding hydrogens is 354 g/mol. The zero-order valence-electron chi connectivity index (χ0n) is 14.0. The van der Waals surface area contributed by atoms with E-state index >= 15 is 0 Å². The van der Waals surface area contributed by atoms with Gasteiger partial charge in [0.05, 0.1) is 23.6 Å². The molecule has 0 radical (unpaired) electrons. The maximum atomic E-state index is 12.3. The summed E-state index contributed by atoms with van der Waals surface area (Å²) in [6.07, 6.45) is 5.27. The third kappa shape index (κ3) is 4.12. The molecule has 3 aromatic rings. The lowest BCUT2D eigenvalue weighted by molar-refractivity contribution is -0.113. The molecule has 3 rings (SSSR count). The molecule has 134 valence electrons. The van der Waals surface area contributed by atoms with Crippen LogP contribution in [0, 0.1) is 0 Å². The van der Waals surface area contributed by atoms with Crippen LogP contribution in [0.25, 0.3) is 0 Å². The summed E-state index contributed by atoms with van der Waals surface area (Å²) in [7, 11) is 0. The van der Waals surface area contributed by atoms with Crippen molar-refractivity contribution < 1.29 is 14.3 Å². The molecular formula is C17H17N5O3S. The zero-order valence-corrected chi connectivity index (χ0v) is 14.8. The van der Waals surface area contributed by atoms with Gasteiger partial charge in [0.25, 0.3) is 0 Å². The normalized spacial score (nSPS) is 10.5. The van der Waals surface area contributed by atoms with E-state index < -0.39 is 5.97 Å². The van der Waals surface area contributed by atoms with Gasteiger partial charge >= 0.3 is 5.97 Å². The number of esters is 1. The van der Waals surface area contributed by atoms with Gasteiger partial charge in [0, 0.05) is 12.4 Å². The van der Waals surface area contributed by atoms with Gasteiger partial charge in [-0.15, -0.1) is 10.2 Å². The van der Waals surface area contributed by atoms with E-state index in [2.05, 4.69) is 15.5 Å². The molecule has 9 heteroatoms. The van der Waals surface area contributed by atoms with Crippen LogP contribution in [-0.4, -0.2) is 43.8 Å². The molecule has 8 nitrogen and oxygen atoms in total. The molecule has 0 bridgehead atoms. The molecule has 0 atom stereocenters. The number of rotatable bonds is 7. The third-order valence-corrected chi connectivity index (χ3v) is 4.30. The van der Waals surface area contributed by atoms with Crippen LogP contribution in [0.4, 0.5) is 5.69 Å². The summed E-state index contributed by atoms with van der Waals surface area (Å²) < 4.78 is 8.53. The summed E-state index contributed by atoms with van der Waals surface area (Å²) in [5.74, 6) is -0.603. The molecule has 0 saturated heterocycles. The second-order valence-electron chi connectivity index (χ2n) is 5.12. The minimum atomic E-state index is -0.469. The van der Waals surface area contributed by atoms with Crippen LogP contribution in [0.3, 0.4) is 0 Å². The Balaban J connectivity index is 1.64. The first-order valence-corrected chi connectivity index (χ1v) is 8.90. The number of carbonyl (C=O) groups is 2. The van der Waals surface area contributed by atoms with Crippen LogP contribution >= 0.6 is 11.8 Å². The van der Waals surface area contributed by atoms with Gasteiger partial charge in [-0.3, -0.25) is 9.47 Å². The Bertz CT molecular complexity index is 891. The molecule has 0 spiro atoms. The fourth-order valence-electron chi connectivity index (χ4n) is 2.24. The third-order valence-electron chi connectivity index (χ3n) is 3.37. The highest BCUT2D eigenvalue weighted by Crippen LogP contribution is 2.19. The first-order chi connectivity index (χ1) is 12.7. The van der Waals surface area contributed by atoms with Crippen LogP contribution in [0.1, 0.15) is 17.3 Å². The van der Waals surface area contributed by atoms with Crippen LogP contribution in [-0.2, 0) is 9.53 Å². The van der Waals surface area contributed by atoms with Crippen molar-refractivity contribution in [2.24, 2.45) is 0 Å². The Morgan fingerprint density at radius 2 is 1.96 bits per heavy atom. The molecule has 2 aromatic heterocycles. The number of amides is 1. The Labute approximate surface area is 154 Å². The van der Waals surface area contributed by atoms with Crippen LogP contribution in [0.15, 0.2) is 60.3 Å². The lowest BCUT2D eigenvalue weighted by atomic mass is 10.2. The summed E-state index contributed by atoms with van der Waals surface area (Å²) in [6.45, 7) is 2.00. The number of hydrogen-bond donors (Lipinski definition) is 1. The number of nitrogens with one attached hydrogen (secondary N) is 1. The number of para-hydroxylation sites is 1. The number of hydrogen-bond acceptors (Lipinski definition) is 6. The number of benzene rings is 1. The predicted molar refractivity (Wildman–Crippen MR) is 97.0 cm³/mol. The lowest BCUT2D eigenvalue weighted by Gasteiger charge is -2.10. The SMILES string of the molecule is CCOC(=O)c1ccccc1NC(=O)CSc1nncn1-n1cccc1. The summed E-state index contributed by atoms with van der Waals surface area (Å²) in [6, 6.07) is 10.5. The van der Waals surface area contributed by atoms with Crippen LogP contribution in [0.2, 0.25) is 0 Å². The van der Waals surface area contributed by atoms with Crippen molar-refractivity contribution in [1.29, 1.82) is 0 Å². The maximum Gasteiger partial charge on any atom is 0.340 e. The monoisotopic (exact) mass is 371 g/mol. The number of anilines is 1. The lowest BCUT2D eigenvalue weighted by Crippen LogP contribution is -2.18. The summed E-state index contributed by atoms with van der Waals surface area (Å²) >= 11 is 1.24. The number of nitrogens with zero attached hydrogens (tertiary/aromatic N) is 4. The maximum absolute atomic E-state index is 12.3. The molecule has 0 unspecified atom stereocenters. The standard InChI is InChI=1S/C17H17N5O3S/c1-2-25-16(24)13-7-3-4-8-14(13)19-15(23)11-26-17-20-18-12-22(17)21-9-5-6-10-21/h3-10,12H,2,11H2,1H3,(H,19,23). The van der Waals surface area contributed by atoms with E-state index in [9.17, 15) is 9.59 Å². The second kappa shape index (κ2) is 8.34. The van der Waals surface area contributed by atoms with E-state index in [1.54, 1.807) is 46.9 Å². The Hall–Kier alpha value is -3.07. The molecule has 1 N–H and O–H groups in total. The highest BCUT2D eigenvalue weighted by Gasteiger charge is 2.15. The molecule has 1 aromatic carbocycles. The average Bonchev–Trinajstić information content (AvgIpc) is 3.32. The average molecular weight is 371 g/mol. The largest absolute Gasteiger partial charge is 0.462 e. The fourth-order valence-corrected chi connectivity index (χ4v) is 2.95. The van der Waals surface area contributed by atoms with Crippen molar-refractivity contribution in [3.8, 4) is 0 Å². The Morgan fingerprint density at radius 3 is 2.73 bits per heavy atom. The Morgan fingerprint density at radius 1 is 1.19 bits per heavy atom.